The molecule has 0 spiro atoms. The molecule has 1 heterocycles. The van der Waals surface area contributed by atoms with Crippen LogP contribution in [0.25, 0.3) is 0 Å². The van der Waals surface area contributed by atoms with E-state index < -0.39 is 6.10 Å². The van der Waals surface area contributed by atoms with Gasteiger partial charge in [-0.2, -0.15) is 11.8 Å². The molecule has 0 aromatic heterocycles. The number of aliphatic hydroxyl groups is 1. The van der Waals surface area contributed by atoms with Gasteiger partial charge in [0.15, 0.2) is 11.5 Å². The van der Waals surface area contributed by atoms with Crippen molar-refractivity contribution in [3.63, 3.8) is 0 Å². The van der Waals surface area contributed by atoms with Crippen LogP contribution in [-0.2, 0) is 0 Å². The highest BCUT2D eigenvalue weighted by molar-refractivity contribution is 8.00. The first-order valence-corrected chi connectivity index (χ1v) is 6.70. The summed E-state index contributed by atoms with van der Waals surface area (Å²) in [5.74, 6) is 3.39. The van der Waals surface area contributed by atoms with E-state index in [4.69, 9.17) is 15.2 Å². The first kappa shape index (κ1) is 12.5. The highest BCUT2D eigenvalue weighted by atomic mass is 32.2. The lowest BCUT2D eigenvalue weighted by Gasteiger charge is -2.27. The molecule has 17 heavy (non-hydrogen) atoms. The van der Waals surface area contributed by atoms with Gasteiger partial charge in [-0.3, -0.25) is 0 Å². The Morgan fingerprint density at radius 2 is 2.24 bits per heavy atom. The molecule has 1 fully saturated rings. The zero-order valence-corrected chi connectivity index (χ0v) is 10.6. The number of rotatable bonds is 5. The molecule has 0 amide bonds. The topological polar surface area (TPSA) is 64.7 Å². The van der Waals surface area contributed by atoms with E-state index in [1.54, 1.807) is 25.3 Å². The van der Waals surface area contributed by atoms with Crippen molar-refractivity contribution in [2.24, 2.45) is 5.73 Å². The molecule has 1 aromatic rings. The Bertz CT molecular complexity index is 382. The van der Waals surface area contributed by atoms with Crippen LogP contribution in [0.1, 0.15) is 11.7 Å². The average molecular weight is 255 g/mol. The second kappa shape index (κ2) is 5.62. The molecule has 0 bridgehead atoms. The summed E-state index contributed by atoms with van der Waals surface area (Å²) in [5.41, 5.74) is 6.20. The van der Waals surface area contributed by atoms with Gasteiger partial charge in [-0.15, -0.1) is 0 Å². The van der Waals surface area contributed by atoms with E-state index in [0.717, 1.165) is 17.1 Å². The van der Waals surface area contributed by atoms with Crippen molar-refractivity contribution in [1.29, 1.82) is 0 Å². The van der Waals surface area contributed by atoms with Crippen LogP contribution < -0.4 is 15.2 Å². The van der Waals surface area contributed by atoms with Crippen LogP contribution in [-0.4, -0.2) is 36.4 Å². The molecule has 3 N–H and O–H groups in total. The minimum Gasteiger partial charge on any atom is -0.493 e. The Labute approximate surface area is 105 Å². The Morgan fingerprint density at radius 1 is 1.47 bits per heavy atom. The molecule has 0 aliphatic carbocycles. The fraction of sp³-hybridized carbons (Fsp3) is 0.500. The maximum absolute atomic E-state index is 9.70. The molecule has 5 heteroatoms. The Balaban J connectivity index is 2.19. The van der Waals surface area contributed by atoms with Crippen LogP contribution in [0.4, 0.5) is 0 Å². The SMILES string of the molecule is COc1ccc(C(O)CN)cc1OC1CSC1. The number of hydrogen-bond donors (Lipinski definition) is 2. The number of methoxy groups -OCH3 is 1. The molecule has 1 atom stereocenters. The van der Waals surface area contributed by atoms with Crippen LogP contribution in [0.5, 0.6) is 11.5 Å². The Hall–Kier alpha value is -0.910. The molecule has 1 unspecified atom stereocenters. The zero-order valence-electron chi connectivity index (χ0n) is 9.76. The van der Waals surface area contributed by atoms with Crippen molar-refractivity contribution in [3.8, 4) is 11.5 Å². The Morgan fingerprint density at radius 3 is 2.76 bits per heavy atom. The highest BCUT2D eigenvalue weighted by Crippen LogP contribution is 2.33. The molecule has 0 radical (unpaired) electrons. The van der Waals surface area contributed by atoms with Gasteiger partial charge in [0.2, 0.25) is 0 Å². The predicted molar refractivity (Wildman–Crippen MR) is 68.7 cm³/mol. The molecule has 4 nitrogen and oxygen atoms in total. The second-order valence-electron chi connectivity index (χ2n) is 3.94. The minimum atomic E-state index is -0.654. The average Bonchev–Trinajstić information content (AvgIpc) is 2.32. The molecule has 2 rings (SSSR count). The maximum Gasteiger partial charge on any atom is 0.162 e. The first-order valence-electron chi connectivity index (χ1n) is 5.55. The van der Waals surface area contributed by atoms with E-state index in [0.29, 0.717) is 11.5 Å². The van der Waals surface area contributed by atoms with E-state index in [9.17, 15) is 5.11 Å². The quantitative estimate of drug-likeness (QED) is 0.827. The molecule has 1 aliphatic rings. The molecular formula is C12H17NO3S. The lowest BCUT2D eigenvalue weighted by molar-refractivity contribution is 0.184. The van der Waals surface area contributed by atoms with Crippen molar-refractivity contribution in [2.45, 2.75) is 12.2 Å². The van der Waals surface area contributed by atoms with Crippen LogP contribution in [0.3, 0.4) is 0 Å². The van der Waals surface area contributed by atoms with Gasteiger partial charge >= 0.3 is 0 Å². The number of nitrogens with two attached hydrogens (primary N) is 1. The highest BCUT2D eigenvalue weighted by Gasteiger charge is 2.22. The van der Waals surface area contributed by atoms with E-state index in [2.05, 4.69) is 0 Å². The van der Waals surface area contributed by atoms with E-state index in [1.165, 1.54) is 0 Å². The van der Waals surface area contributed by atoms with Crippen LogP contribution in [0, 0.1) is 0 Å². The monoisotopic (exact) mass is 255 g/mol. The van der Waals surface area contributed by atoms with Crippen molar-refractivity contribution in [1.82, 2.24) is 0 Å². The number of hydrogen-bond acceptors (Lipinski definition) is 5. The lowest BCUT2D eigenvalue weighted by atomic mass is 10.1. The smallest absolute Gasteiger partial charge is 0.162 e. The lowest BCUT2D eigenvalue weighted by Crippen LogP contribution is -2.31. The van der Waals surface area contributed by atoms with Gasteiger partial charge in [-0.05, 0) is 17.7 Å². The van der Waals surface area contributed by atoms with Crippen LogP contribution in [0.15, 0.2) is 18.2 Å². The maximum atomic E-state index is 9.70. The molecule has 1 aliphatic heterocycles. The summed E-state index contributed by atoms with van der Waals surface area (Å²) in [5, 5.41) is 9.70. The van der Waals surface area contributed by atoms with Gasteiger partial charge in [-0.25, -0.2) is 0 Å². The third-order valence-corrected chi connectivity index (χ3v) is 3.91. The molecular weight excluding hydrogens is 238 g/mol. The first-order chi connectivity index (χ1) is 8.24. The van der Waals surface area contributed by atoms with Crippen molar-refractivity contribution in [3.05, 3.63) is 23.8 Å². The summed E-state index contributed by atoms with van der Waals surface area (Å²) < 4.78 is 11.0. The standard InChI is InChI=1S/C12H17NO3S/c1-15-11-3-2-8(10(14)5-13)4-12(11)16-9-6-17-7-9/h2-4,9-10,14H,5-7,13H2,1H3. The normalized spacial score (nSPS) is 17.4. The van der Waals surface area contributed by atoms with Crippen molar-refractivity contribution >= 4 is 11.8 Å². The second-order valence-corrected chi connectivity index (χ2v) is 5.01. The van der Waals surface area contributed by atoms with Gasteiger partial charge in [-0.1, -0.05) is 6.07 Å². The fourth-order valence-corrected chi connectivity index (χ4v) is 2.15. The molecule has 1 aromatic carbocycles. The number of aliphatic hydroxyl groups excluding tert-OH is 1. The third kappa shape index (κ3) is 2.86. The Kier molecular flexibility index (Phi) is 4.15. The van der Waals surface area contributed by atoms with E-state index in [1.807, 2.05) is 11.8 Å². The predicted octanol–water partition coefficient (Wildman–Crippen LogP) is 1.18. The van der Waals surface area contributed by atoms with Gasteiger partial charge in [0.1, 0.15) is 6.10 Å². The van der Waals surface area contributed by atoms with Gasteiger partial charge < -0.3 is 20.3 Å². The summed E-state index contributed by atoms with van der Waals surface area (Å²) in [6.45, 7) is 0.199. The number of thioether (sulfide) groups is 1. The number of benzene rings is 1. The van der Waals surface area contributed by atoms with E-state index in [-0.39, 0.29) is 12.6 Å². The van der Waals surface area contributed by atoms with Crippen LogP contribution >= 0.6 is 11.8 Å². The van der Waals surface area contributed by atoms with Gasteiger partial charge in [0.05, 0.1) is 13.2 Å². The summed E-state index contributed by atoms with van der Waals surface area (Å²) in [4.78, 5) is 0. The van der Waals surface area contributed by atoms with Crippen molar-refractivity contribution in [2.75, 3.05) is 25.2 Å². The minimum absolute atomic E-state index is 0.199. The van der Waals surface area contributed by atoms with Crippen molar-refractivity contribution < 1.29 is 14.6 Å². The van der Waals surface area contributed by atoms with Gasteiger partial charge in [0.25, 0.3) is 0 Å². The zero-order chi connectivity index (χ0) is 12.3. The summed E-state index contributed by atoms with van der Waals surface area (Å²) in [6, 6.07) is 5.41. The molecule has 94 valence electrons. The third-order valence-electron chi connectivity index (χ3n) is 2.70. The summed E-state index contributed by atoms with van der Waals surface area (Å²) >= 11 is 1.86. The largest absolute Gasteiger partial charge is 0.493 e. The van der Waals surface area contributed by atoms with Crippen LogP contribution in [0.2, 0.25) is 0 Å². The fourth-order valence-electron chi connectivity index (χ4n) is 1.59. The molecule has 0 saturated carbocycles. The van der Waals surface area contributed by atoms with Gasteiger partial charge in [0, 0.05) is 18.1 Å². The number of ether oxygens (including phenoxy) is 2. The summed E-state index contributed by atoms with van der Waals surface area (Å²) in [6.07, 6.45) is -0.404. The van der Waals surface area contributed by atoms with E-state index >= 15 is 0 Å². The summed E-state index contributed by atoms with van der Waals surface area (Å²) in [7, 11) is 1.61. The molecule has 1 saturated heterocycles.